The van der Waals surface area contributed by atoms with Gasteiger partial charge in [-0.2, -0.15) is 0 Å². The number of halogens is 2. The summed E-state index contributed by atoms with van der Waals surface area (Å²) in [6, 6.07) is 10.8. The number of carbonyl (C=O) groups is 2. The standard InChI is InChI=1S/C24H30Br2N2O4/c1-31-21-11-9-17(25)15-19(21)23(29)27-13-7-5-3-4-6-8-14-28-24(30)20-16-18(26)10-12-22(20)32-2/h9-12,15-16H,3-8,13-14H2,1-2H3,(H,27,29)(H,28,30). The average Bonchev–Trinajstić information content (AvgIpc) is 2.79. The van der Waals surface area contributed by atoms with E-state index in [1.54, 1.807) is 38.5 Å². The molecule has 0 bridgehead atoms. The Hall–Kier alpha value is -2.06. The quantitative estimate of drug-likeness (QED) is 0.302. The van der Waals surface area contributed by atoms with Gasteiger partial charge in [-0.05, 0) is 49.2 Å². The molecule has 6 nitrogen and oxygen atoms in total. The number of rotatable bonds is 13. The van der Waals surface area contributed by atoms with Gasteiger partial charge in [0.25, 0.3) is 11.8 Å². The molecule has 2 amide bonds. The Kier molecular flexibility index (Phi) is 11.6. The Bertz CT molecular complexity index is 832. The molecule has 0 aliphatic heterocycles. The van der Waals surface area contributed by atoms with Crippen LogP contribution in [-0.4, -0.2) is 39.1 Å². The molecule has 0 aliphatic rings. The van der Waals surface area contributed by atoms with E-state index in [9.17, 15) is 9.59 Å². The molecule has 0 aromatic heterocycles. The first-order valence-electron chi connectivity index (χ1n) is 10.7. The average molecular weight is 570 g/mol. The summed E-state index contributed by atoms with van der Waals surface area (Å²) in [5, 5.41) is 5.91. The molecule has 2 rings (SSSR count). The smallest absolute Gasteiger partial charge is 0.255 e. The predicted octanol–water partition coefficient (Wildman–Crippen LogP) is 5.73. The van der Waals surface area contributed by atoms with Gasteiger partial charge in [-0.15, -0.1) is 0 Å². The minimum Gasteiger partial charge on any atom is -0.496 e. The third-order valence-electron chi connectivity index (χ3n) is 4.99. The topological polar surface area (TPSA) is 76.7 Å². The van der Waals surface area contributed by atoms with Crippen LogP contribution in [-0.2, 0) is 0 Å². The molecule has 2 aromatic rings. The highest BCUT2D eigenvalue weighted by molar-refractivity contribution is 9.10. The van der Waals surface area contributed by atoms with Gasteiger partial charge in [-0.25, -0.2) is 0 Å². The number of nitrogens with one attached hydrogen (secondary N) is 2. The van der Waals surface area contributed by atoms with Crippen molar-refractivity contribution in [2.24, 2.45) is 0 Å². The molecule has 2 N–H and O–H groups in total. The number of benzene rings is 2. The first kappa shape index (κ1) is 26.2. The Morgan fingerprint density at radius 1 is 0.688 bits per heavy atom. The monoisotopic (exact) mass is 568 g/mol. The van der Waals surface area contributed by atoms with Crippen molar-refractivity contribution in [2.75, 3.05) is 27.3 Å². The summed E-state index contributed by atoms with van der Waals surface area (Å²) in [7, 11) is 3.12. The van der Waals surface area contributed by atoms with Crippen molar-refractivity contribution < 1.29 is 19.1 Å². The van der Waals surface area contributed by atoms with E-state index in [-0.39, 0.29) is 11.8 Å². The highest BCUT2D eigenvalue weighted by Gasteiger charge is 2.13. The van der Waals surface area contributed by atoms with Crippen LogP contribution in [0.2, 0.25) is 0 Å². The second-order valence-corrected chi connectivity index (χ2v) is 9.15. The van der Waals surface area contributed by atoms with Crippen LogP contribution < -0.4 is 20.1 Å². The van der Waals surface area contributed by atoms with E-state index in [0.29, 0.717) is 35.7 Å². The lowest BCUT2D eigenvalue weighted by Crippen LogP contribution is -2.25. The predicted molar refractivity (Wildman–Crippen MR) is 134 cm³/mol. The molecule has 2 aromatic carbocycles. The van der Waals surface area contributed by atoms with E-state index in [1.165, 1.54) is 0 Å². The van der Waals surface area contributed by atoms with Gasteiger partial charge in [0.15, 0.2) is 0 Å². The summed E-state index contributed by atoms with van der Waals surface area (Å²) in [6.45, 7) is 1.28. The van der Waals surface area contributed by atoms with Crippen molar-refractivity contribution in [3.05, 3.63) is 56.5 Å². The highest BCUT2D eigenvalue weighted by Crippen LogP contribution is 2.23. The van der Waals surface area contributed by atoms with Crippen LogP contribution in [0.5, 0.6) is 11.5 Å². The van der Waals surface area contributed by atoms with Crippen LogP contribution in [0, 0.1) is 0 Å². The number of hydrogen-bond donors (Lipinski definition) is 2. The van der Waals surface area contributed by atoms with Gasteiger partial charge in [0.2, 0.25) is 0 Å². The molecule has 32 heavy (non-hydrogen) atoms. The Balaban J connectivity index is 1.55. The van der Waals surface area contributed by atoms with Gasteiger partial charge in [-0.3, -0.25) is 9.59 Å². The van der Waals surface area contributed by atoms with Gasteiger partial charge < -0.3 is 20.1 Å². The molecule has 0 atom stereocenters. The van der Waals surface area contributed by atoms with Crippen LogP contribution in [0.15, 0.2) is 45.3 Å². The zero-order chi connectivity index (χ0) is 23.3. The molecule has 0 saturated carbocycles. The molecule has 0 fully saturated rings. The second-order valence-electron chi connectivity index (χ2n) is 7.32. The van der Waals surface area contributed by atoms with E-state index in [0.717, 1.165) is 47.5 Å². The summed E-state index contributed by atoms with van der Waals surface area (Å²) < 4.78 is 12.2. The largest absolute Gasteiger partial charge is 0.496 e. The third kappa shape index (κ3) is 8.47. The van der Waals surface area contributed by atoms with Crippen LogP contribution in [0.3, 0.4) is 0 Å². The molecule has 0 unspecified atom stereocenters. The normalized spacial score (nSPS) is 10.5. The Morgan fingerprint density at radius 2 is 1.06 bits per heavy atom. The van der Waals surface area contributed by atoms with Gasteiger partial charge in [0, 0.05) is 22.0 Å². The molecule has 0 spiro atoms. The van der Waals surface area contributed by atoms with Crippen molar-refractivity contribution in [3.8, 4) is 11.5 Å². The Labute approximate surface area is 206 Å². The maximum atomic E-state index is 12.3. The highest BCUT2D eigenvalue weighted by atomic mass is 79.9. The molecule has 174 valence electrons. The lowest BCUT2D eigenvalue weighted by molar-refractivity contribution is 0.0941. The van der Waals surface area contributed by atoms with Crippen molar-refractivity contribution in [1.29, 1.82) is 0 Å². The first-order chi connectivity index (χ1) is 15.5. The second kappa shape index (κ2) is 14.2. The van der Waals surface area contributed by atoms with Crippen molar-refractivity contribution in [2.45, 2.75) is 38.5 Å². The summed E-state index contributed by atoms with van der Waals surface area (Å²) in [5.74, 6) is 0.884. The summed E-state index contributed by atoms with van der Waals surface area (Å²) in [4.78, 5) is 24.7. The summed E-state index contributed by atoms with van der Waals surface area (Å²) in [5.41, 5.74) is 1.06. The molecule has 0 aliphatic carbocycles. The van der Waals surface area contributed by atoms with Crippen LogP contribution >= 0.6 is 31.9 Å². The zero-order valence-electron chi connectivity index (χ0n) is 18.5. The lowest BCUT2D eigenvalue weighted by Gasteiger charge is -2.10. The molecule has 0 heterocycles. The number of unbranched alkanes of at least 4 members (excludes halogenated alkanes) is 5. The Morgan fingerprint density at radius 3 is 1.44 bits per heavy atom. The van der Waals surface area contributed by atoms with E-state index in [2.05, 4.69) is 42.5 Å². The van der Waals surface area contributed by atoms with E-state index in [4.69, 9.17) is 9.47 Å². The summed E-state index contributed by atoms with van der Waals surface area (Å²) >= 11 is 6.77. The molecular formula is C24H30Br2N2O4. The van der Waals surface area contributed by atoms with Gasteiger partial charge >= 0.3 is 0 Å². The number of amides is 2. The maximum Gasteiger partial charge on any atom is 0.255 e. The fourth-order valence-electron chi connectivity index (χ4n) is 3.27. The van der Waals surface area contributed by atoms with Crippen molar-refractivity contribution >= 4 is 43.7 Å². The third-order valence-corrected chi connectivity index (χ3v) is 5.97. The maximum absolute atomic E-state index is 12.3. The van der Waals surface area contributed by atoms with Crippen molar-refractivity contribution in [1.82, 2.24) is 10.6 Å². The SMILES string of the molecule is COc1ccc(Br)cc1C(=O)NCCCCCCCCNC(=O)c1cc(Br)ccc1OC. The lowest BCUT2D eigenvalue weighted by atomic mass is 10.1. The van der Waals surface area contributed by atoms with E-state index < -0.39 is 0 Å². The fraction of sp³-hybridized carbons (Fsp3) is 0.417. The van der Waals surface area contributed by atoms with Crippen molar-refractivity contribution in [3.63, 3.8) is 0 Å². The fourth-order valence-corrected chi connectivity index (χ4v) is 3.99. The van der Waals surface area contributed by atoms with Gasteiger partial charge in [-0.1, -0.05) is 57.5 Å². The number of carbonyl (C=O) groups excluding carboxylic acids is 2. The molecular weight excluding hydrogens is 540 g/mol. The summed E-state index contributed by atoms with van der Waals surface area (Å²) in [6.07, 6.45) is 6.17. The van der Waals surface area contributed by atoms with E-state index >= 15 is 0 Å². The first-order valence-corrected chi connectivity index (χ1v) is 12.3. The van der Waals surface area contributed by atoms with Crippen LogP contribution in [0.1, 0.15) is 59.2 Å². The number of hydrogen-bond acceptors (Lipinski definition) is 4. The van der Waals surface area contributed by atoms with Gasteiger partial charge in [0.1, 0.15) is 11.5 Å². The zero-order valence-corrected chi connectivity index (χ0v) is 21.7. The van der Waals surface area contributed by atoms with E-state index in [1.807, 2.05) is 12.1 Å². The van der Waals surface area contributed by atoms with Gasteiger partial charge in [0.05, 0.1) is 25.3 Å². The minimum atomic E-state index is -0.124. The molecule has 0 radical (unpaired) electrons. The van der Waals surface area contributed by atoms with Crippen LogP contribution in [0.25, 0.3) is 0 Å². The molecule has 0 saturated heterocycles. The van der Waals surface area contributed by atoms with Crippen LogP contribution in [0.4, 0.5) is 0 Å². The number of methoxy groups -OCH3 is 2. The number of ether oxygens (including phenoxy) is 2. The molecule has 8 heteroatoms. The minimum absolute atomic E-state index is 0.124.